The number of hydrogen-bond acceptors (Lipinski definition) is 5. The molecule has 1 aliphatic rings. The molecule has 5 rings (SSSR count). The molecular weight excluding hydrogens is 560 g/mol. The highest BCUT2D eigenvalue weighted by molar-refractivity contribution is 6.08. The molecule has 0 saturated carbocycles. The molecule has 1 unspecified atom stereocenters. The van der Waals surface area contributed by atoms with Gasteiger partial charge in [0.05, 0.1) is 12.2 Å². The van der Waals surface area contributed by atoms with E-state index < -0.39 is 5.97 Å². The van der Waals surface area contributed by atoms with Crippen molar-refractivity contribution in [2.45, 2.75) is 44.9 Å². The third-order valence-corrected chi connectivity index (χ3v) is 7.94. The van der Waals surface area contributed by atoms with E-state index in [1.807, 2.05) is 37.4 Å². The maximum Gasteiger partial charge on any atom is 0.335 e. The topological polar surface area (TPSA) is 88.3 Å². The molecule has 0 radical (unpaired) electrons. The molecule has 0 fully saturated rings. The van der Waals surface area contributed by atoms with Gasteiger partial charge in [0, 0.05) is 12.6 Å². The largest absolute Gasteiger partial charge is 0.493 e. The highest BCUT2D eigenvalue weighted by Crippen LogP contribution is 2.24. The van der Waals surface area contributed by atoms with E-state index in [0.717, 1.165) is 67.4 Å². The van der Waals surface area contributed by atoms with Gasteiger partial charge in [-0.1, -0.05) is 97.1 Å². The Morgan fingerprint density at radius 3 is 2.31 bits per heavy atom. The molecule has 0 saturated heterocycles. The summed E-state index contributed by atoms with van der Waals surface area (Å²) >= 11 is 0. The number of hydrazine groups is 1. The van der Waals surface area contributed by atoms with Crippen LogP contribution in [0.25, 0.3) is 11.5 Å². The van der Waals surface area contributed by atoms with Crippen LogP contribution in [0, 0.1) is 5.92 Å². The maximum atomic E-state index is 11.3. The minimum atomic E-state index is -0.905. The fraction of sp³-hybridized carbons (Fsp3) is 0.263. The van der Waals surface area contributed by atoms with Gasteiger partial charge in [-0.15, -0.1) is 0 Å². The first kappa shape index (κ1) is 31.5. The fourth-order valence-corrected chi connectivity index (χ4v) is 5.38. The summed E-state index contributed by atoms with van der Waals surface area (Å²) in [6.07, 6.45) is 11.5. The van der Waals surface area contributed by atoms with Gasteiger partial charge < -0.3 is 25.5 Å². The van der Waals surface area contributed by atoms with Crippen LogP contribution >= 0.6 is 0 Å². The first-order chi connectivity index (χ1) is 22.0. The van der Waals surface area contributed by atoms with Crippen LogP contribution in [0.1, 0.15) is 63.9 Å². The molecular formula is C38H41N4O3-. The number of carbonyl (C=O) groups is 1. The molecule has 1 aliphatic heterocycles. The molecule has 0 bridgehead atoms. The van der Waals surface area contributed by atoms with Crippen LogP contribution < -0.4 is 10.3 Å². The number of hydrazone groups is 1. The molecule has 232 valence electrons. The summed E-state index contributed by atoms with van der Waals surface area (Å²) in [6.45, 7) is 0.699. The summed E-state index contributed by atoms with van der Waals surface area (Å²) in [6, 6.07) is 34.5. The Bertz CT molecular complexity index is 1570. The van der Waals surface area contributed by atoms with Crippen molar-refractivity contribution in [3.05, 3.63) is 148 Å². The van der Waals surface area contributed by atoms with Gasteiger partial charge in [0.25, 0.3) is 0 Å². The number of ether oxygens (including phenoxy) is 1. The van der Waals surface area contributed by atoms with Crippen molar-refractivity contribution < 1.29 is 14.6 Å². The number of nitrogens with one attached hydrogen (secondary N) is 1. The number of aromatic carboxylic acids is 1. The van der Waals surface area contributed by atoms with E-state index in [0.29, 0.717) is 18.0 Å². The molecule has 2 N–H and O–H groups in total. The number of aryl methyl sites for hydroxylation is 2. The second-order valence-corrected chi connectivity index (χ2v) is 11.4. The first-order valence-electron chi connectivity index (χ1n) is 15.7. The average molecular weight is 602 g/mol. The third-order valence-electron chi connectivity index (χ3n) is 7.94. The smallest absolute Gasteiger partial charge is 0.335 e. The summed E-state index contributed by atoms with van der Waals surface area (Å²) in [5.74, 6) is 0.932. The quantitative estimate of drug-likeness (QED) is 0.127. The van der Waals surface area contributed by atoms with E-state index in [4.69, 9.17) is 4.74 Å². The molecule has 4 aromatic rings. The van der Waals surface area contributed by atoms with Crippen molar-refractivity contribution in [1.82, 2.24) is 10.7 Å². The molecule has 1 atom stereocenters. The summed E-state index contributed by atoms with van der Waals surface area (Å²) in [4.78, 5) is 11.3. The number of amidine groups is 1. The second-order valence-electron chi connectivity index (χ2n) is 11.4. The van der Waals surface area contributed by atoms with E-state index in [9.17, 15) is 9.90 Å². The Morgan fingerprint density at radius 1 is 0.867 bits per heavy atom. The number of allylic oxidation sites excluding steroid dienone is 1. The van der Waals surface area contributed by atoms with Gasteiger partial charge in [0.15, 0.2) is 0 Å². The van der Waals surface area contributed by atoms with Crippen molar-refractivity contribution in [3.63, 3.8) is 0 Å². The van der Waals surface area contributed by atoms with Crippen LogP contribution in [-0.4, -0.2) is 35.7 Å². The van der Waals surface area contributed by atoms with E-state index in [1.54, 1.807) is 17.3 Å². The van der Waals surface area contributed by atoms with E-state index in [2.05, 4.69) is 88.9 Å². The number of nitrogens with zero attached hydrogens (tertiary/aromatic N) is 3. The van der Waals surface area contributed by atoms with Crippen molar-refractivity contribution in [1.29, 1.82) is 0 Å². The van der Waals surface area contributed by atoms with E-state index >= 15 is 0 Å². The normalized spacial score (nSPS) is 13.4. The molecule has 7 nitrogen and oxygen atoms in total. The summed E-state index contributed by atoms with van der Waals surface area (Å²) in [7, 11) is 1.81. The molecule has 7 heteroatoms. The van der Waals surface area contributed by atoms with Crippen LogP contribution in [0.3, 0.4) is 0 Å². The molecule has 45 heavy (non-hydrogen) atoms. The molecule has 0 aliphatic carbocycles. The lowest BCUT2D eigenvalue weighted by atomic mass is 9.91. The Morgan fingerprint density at radius 2 is 1.58 bits per heavy atom. The number of unbranched alkanes of at least 4 members (excludes halogenated alkanes) is 2. The van der Waals surface area contributed by atoms with Gasteiger partial charge in [0.1, 0.15) is 5.75 Å². The van der Waals surface area contributed by atoms with Crippen molar-refractivity contribution in [2.75, 3.05) is 13.7 Å². The van der Waals surface area contributed by atoms with Gasteiger partial charge >= 0.3 is 5.97 Å². The molecule has 0 amide bonds. The Kier molecular flexibility index (Phi) is 11.4. The van der Waals surface area contributed by atoms with Gasteiger partial charge in [-0.25, -0.2) is 10.3 Å². The zero-order valence-corrected chi connectivity index (χ0v) is 25.8. The van der Waals surface area contributed by atoms with E-state index in [-0.39, 0.29) is 5.92 Å². The Labute approximate surface area is 266 Å². The molecule has 0 aromatic heterocycles. The lowest BCUT2D eigenvalue weighted by molar-refractivity contribution is 0.0697. The van der Waals surface area contributed by atoms with Crippen LogP contribution in [0.4, 0.5) is 0 Å². The fourth-order valence-electron chi connectivity index (χ4n) is 5.38. The SMILES string of the molecule is CN1N=C(c2ccc(CC(/C=C/c3ccccc3OCCCCCc3ccccc3)CCc3ccc(C(=O)O)cc3)cc2)[N-]N1. The summed E-state index contributed by atoms with van der Waals surface area (Å²) < 4.78 is 6.24. The Hall–Kier alpha value is -4.88. The highest BCUT2D eigenvalue weighted by Gasteiger charge is 2.11. The molecule has 0 spiro atoms. The van der Waals surface area contributed by atoms with Crippen molar-refractivity contribution in [3.8, 4) is 5.75 Å². The maximum absolute atomic E-state index is 11.3. The van der Waals surface area contributed by atoms with Crippen LogP contribution in [-0.2, 0) is 19.3 Å². The number of rotatable bonds is 16. The summed E-state index contributed by atoms with van der Waals surface area (Å²) in [5.41, 5.74) is 13.2. The number of benzene rings is 4. The van der Waals surface area contributed by atoms with Gasteiger partial charge in [-0.05, 0) is 97.2 Å². The number of carboxylic acids is 1. The van der Waals surface area contributed by atoms with Crippen LogP contribution in [0.15, 0.2) is 114 Å². The minimum absolute atomic E-state index is 0.266. The predicted octanol–water partition coefficient (Wildman–Crippen LogP) is 8.08. The van der Waals surface area contributed by atoms with Gasteiger partial charge in [-0.3, -0.25) is 0 Å². The zero-order chi connectivity index (χ0) is 31.3. The zero-order valence-electron chi connectivity index (χ0n) is 25.8. The summed E-state index contributed by atoms with van der Waals surface area (Å²) in [5, 5.41) is 15.2. The predicted molar refractivity (Wildman–Crippen MR) is 181 cm³/mol. The lowest BCUT2D eigenvalue weighted by Gasteiger charge is -2.15. The average Bonchev–Trinajstić information content (AvgIpc) is 3.51. The molecule has 1 heterocycles. The number of carboxylic acid groups (broad SMARTS) is 1. The van der Waals surface area contributed by atoms with Gasteiger partial charge in [-0.2, -0.15) is 0 Å². The third kappa shape index (κ3) is 9.81. The monoisotopic (exact) mass is 601 g/mol. The first-order valence-corrected chi connectivity index (χ1v) is 15.7. The number of hydrogen-bond donors (Lipinski definition) is 2. The highest BCUT2D eigenvalue weighted by atomic mass is 16.5. The van der Waals surface area contributed by atoms with Crippen LogP contribution in [0.5, 0.6) is 5.75 Å². The molecule has 4 aromatic carbocycles. The van der Waals surface area contributed by atoms with Gasteiger partial charge in [0.2, 0.25) is 0 Å². The van der Waals surface area contributed by atoms with Crippen LogP contribution in [0.2, 0.25) is 0 Å². The Balaban J connectivity index is 1.21. The second kappa shape index (κ2) is 16.3. The van der Waals surface area contributed by atoms with Crippen molar-refractivity contribution >= 4 is 17.9 Å². The number of para-hydroxylation sites is 1. The standard InChI is InChI=1S/C38H42N4O3/c1-42-40-37(39-41-42)34-23-20-32(21-24-34)28-31(16-15-30-17-25-35(26-18-30)38(43)44)19-22-33-13-7-8-14-36(33)45-27-9-3-6-12-29-10-4-2-5-11-29/h2,4-5,7-8,10-11,13-14,17-26,31,41H,3,6,9,12,15-16,27-28H2,1H3,(H2,39,40,43,44)/p-1/b22-19+. The lowest BCUT2D eigenvalue weighted by Crippen LogP contribution is -2.19. The van der Waals surface area contributed by atoms with E-state index in [1.165, 1.54) is 11.1 Å². The van der Waals surface area contributed by atoms with Crippen molar-refractivity contribution in [2.24, 2.45) is 11.0 Å². The minimum Gasteiger partial charge on any atom is -0.493 e.